The average molecular weight is 381 g/mol. The lowest BCUT2D eigenvalue weighted by molar-refractivity contribution is 0.0957. The third-order valence-electron chi connectivity index (χ3n) is 4.35. The molecule has 1 aliphatic rings. The molecule has 0 bridgehead atoms. The monoisotopic (exact) mass is 380 g/mol. The summed E-state index contributed by atoms with van der Waals surface area (Å²) in [5.41, 5.74) is 2.95. The normalized spacial score (nSPS) is 17.2. The summed E-state index contributed by atoms with van der Waals surface area (Å²) in [5.74, 6) is 0.516. The Morgan fingerprint density at radius 3 is 3.04 bits per heavy atom. The largest absolute Gasteiger partial charge is 0.376 e. The Balaban J connectivity index is 1.63. The topological polar surface area (TPSA) is 69.0 Å². The zero-order valence-electron chi connectivity index (χ0n) is 14.9. The molecule has 1 saturated heterocycles. The molecule has 1 atom stereocenters. The molecule has 0 spiro atoms. The van der Waals surface area contributed by atoms with Gasteiger partial charge in [-0.15, -0.1) is 10.2 Å². The number of anilines is 1. The molecule has 0 radical (unpaired) electrons. The third-order valence-corrected chi connectivity index (χ3v) is 6.36. The minimum atomic E-state index is 0.136. The van der Waals surface area contributed by atoms with Crippen LogP contribution in [0.4, 0.5) is 5.13 Å². The van der Waals surface area contributed by atoms with Gasteiger partial charge in [0.05, 0.1) is 11.9 Å². The molecule has 6 nitrogen and oxygen atoms in total. The highest BCUT2D eigenvalue weighted by molar-refractivity contribution is 8.01. The number of Topliss-reactive ketones (excluding diaryl/α,β-unsaturated/α-hetero) is 1. The minimum Gasteiger partial charge on any atom is -0.376 e. The molecular formula is C17H24N4O2S2. The maximum absolute atomic E-state index is 12.6. The van der Waals surface area contributed by atoms with Crippen LogP contribution in [0.15, 0.2) is 10.4 Å². The Morgan fingerprint density at radius 1 is 1.48 bits per heavy atom. The molecule has 8 heteroatoms. The predicted octanol–water partition coefficient (Wildman–Crippen LogP) is 3.54. The molecule has 0 unspecified atom stereocenters. The highest BCUT2D eigenvalue weighted by atomic mass is 32.2. The van der Waals surface area contributed by atoms with Crippen LogP contribution in [0.3, 0.4) is 0 Å². The number of hydrogen-bond acceptors (Lipinski definition) is 7. The molecule has 3 rings (SSSR count). The molecule has 25 heavy (non-hydrogen) atoms. The van der Waals surface area contributed by atoms with E-state index < -0.39 is 0 Å². The quantitative estimate of drug-likeness (QED) is 0.558. The zero-order chi connectivity index (χ0) is 17.8. The molecule has 0 saturated carbocycles. The zero-order valence-corrected chi connectivity index (χ0v) is 16.5. The van der Waals surface area contributed by atoms with Crippen molar-refractivity contribution < 1.29 is 9.53 Å². The summed E-state index contributed by atoms with van der Waals surface area (Å²) in [7, 11) is 0. The molecule has 2 aromatic rings. The van der Waals surface area contributed by atoms with Crippen LogP contribution >= 0.6 is 23.1 Å². The summed E-state index contributed by atoms with van der Waals surface area (Å²) in [4.78, 5) is 12.6. The predicted molar refractivity (Wildman–Crippen MR) is 102 cm³/mol. The van der Waals surface area contributed by atoms with Crippen molar-refractivity contribution in [2.24, 2.45) is 0 Å². The van der Waals surface area contributed by atoms with E-state index >= 15 is 0 Å². The average Bonchev–Trinajstić information content (AvgIpc) is 3.31. The first kappa shape index (κ1) is 18.4. The maximum Gasteiger partial charge on any atom is 0.206 e. The van der Waals surface area contributed by atoms with E-state index in [4.69, 9.17) is 4.74 Å². The van der Waals surface area contributed by atoms with Gasteiger partial charge < -0.3 is 14.6 Å². The molecule has 136 valence electrons. The first-order valence-corrected chi connectivity index (χ1v) is 10.4. The highest BCUT2D eigenvalue weighted by Crippen LogP contribution is 2.27. The van der Waals surface area contributed by atoms with E-state index in [0.717, 1.165) is 59.0 Å². The van der Waals surface area contributed by atoms with Gasteiger partial charge in [0.1, 0.15) is 0 Å². The van der Waals surface area contributed by atoms with Gasteiger partial charge in [0, 0.05) is 36.6 Å². The Kier molecular flexibility index (Phi) is 6.14. The summed E-state index contributed by atoms with van der Waals surface area (Å²) in [6.07, 6.45) is 2.50. The second kappa shape index (κ2) is 8.33. The molecule has 0 amide bonds. The van der Waals surface area contributed by atoms with Gasteiger partial charge in [-0.3, -0.25) is 4.79 Å². The number of rotatable bonds is 8. The molecular weight excluding hydrogens is 356 g/mol. The van der Waals surface area contributed by atoms with Crippen LogP contribution < -0.4 is 5.32 Å². The van der Waals surface area contributed by atoms with E-state index in [1.807, 2.05) is 19.9 Å². The second-order valence-corrected chi connectivity index (χ2v) is 8.35. The number of hydrogen-bond donors (Lipinski definition) is 1. The van der Waals surface area contributed by atoms with Gasteiger partial charge in [-0.2, -0.15) is 0 Å². The molecule has 1 N–H and O–H groups in total. The fourth-order valence-electron chi connectivity index (χ4n) is 3.05. The first-order chi connectivity index (χ1) is 12.1. The SMILES string of the molecule is CCNc1nnc(SCC(=O)c2cc(C)n(C[C@H]3CCCO3)c2C)s1. The number of nitrogens with one attached hydrogen (secondary N) is 1. The molecule has 1 fully saturated rings. The molecule has 1 aliphatic heterocycles. The van der Waals surface area contributed by atoms with Crippen LogP contribution in [0, 0.1) is 13.8 Å². The number of ketones is 1. The second-order valence-electron chi connectivity index (χ2n) is 6.15. The van der Waals surface area contributed by atoms with Gasteiger partial charge in [0.15, 0.2) is 10.1 Å². The molecule has 2 aromatic heterocycles. The fraction of sp³-hybridized carbons (Fsp3) is 0.588. The first-order valence-electron chi connectivity index (χ1n) is 8.60. The van der Waals surface area contributed by atoms with Crippen molar-refractivity contribution in [1.82, 2.24) is 14.8 Å². The van der Waals surface area contributed by atoms with Crippen molar-refractivity contribution in [3.63, 3.8) is 0 Å². The fourth-order valence-corrected chi connectivity index (χ4v) is 4.76. The van der Waals surface area contributed by atoms with Crippen LogP contribution in [0.5, 0.6) is 0 Å². The van der Waals surface area contributed by atoms with Crippen molar-refractivity contribution in [3.05, 3.63) is 23.0 Å². The maximum atomic E-state index is 12.6. The highest BCUT2D eigenvalue weighted by Gasteiger charge is 2.21. The van der Waals surface area contributed by atoms with Crippen molar-refractivity contribution in [2.45, 2.75) is 50.6 Å². The number of nitrogens with zero attached hydrogens (tertiary/aromatic N) is 3. The van der Waals surface area contributed by atoms with Crippen LogP contribution in [-0.4, -0.2) is 45.6 Å². The number of ether oxygens (including phenoxy) is 1. The van der Waals surface area contributed by atoms with E-state index in [0.29, 0.717) is 5.75 Å². The summed E-state index contributed by atoms with van der Waals surface area (Å²) >= 11 is 2.93. The number of thioether (sulfide) groups is 1. The molecule has 0 aromatic carbocycles. The number of aryl methyl sites for hydroxylation is 1. The lowest BCUT2D eigenvalue weighted by atomic mass is 10.2. The summed E-state index contributed by atoms with van der Waals surface area (Å²) < 4.78 is 8.76. The standard InChI is InChI=1S/C17H24N4O2S2/c1-4-18-16-19-20-17(25-16)24-10-15(22)14-8-11(2)21(12(14)3)9-13-6-5-7-23-13/h8,13H,4-7,9-10H2,1-3H3,(H,18,19)/t13-/m1/s1. The minimum absolute atomic E-state index is 0.136. The van der Waals surface area contributed by atoms with E-state index in [2.05, 4.69) is 27.0 Å². The van der Waals surface area contributed by atoms with Gasteiger partial charge in [0.2, 0.25) is 5.13 Å². The summed E-state index contributed by atoms with van der Waals surface area (Å²) in [6.45, 7) is 8.59. The van der Waals surface area contributed by atoms with Crippen molar-refractivity contribution >= 4 is 34.0 Å². The van der Waals surface area contributed by atoms with Crippen LogP contribution in [0.2, 0.25) is 0 Å². The van der Waals surface area contributed by atoms with E-state index in [1.54, 1.807) is 0 Å². The van der Waals surface area contributed by atoms with Gasteiger partial charge >= 0.3 is 0 Å². The van der Waals surface area contributed by atoms with Gasteiger partial charge in [-0.25, -0.2) is 0 Å². The van der Waals surface area contributed by atoms with Crippen molar-refractivity contribution in [3.8, 4) is 0 Å². The van der Waals surface area contributed by atoms with Gasteiger partial charge in [0.25, 0.3) is 0 Å². The molecule has 0 aliphatic carbocycles. The number of carbonyl (C=O) groups is 1. The smallest absolute Gasteiger partial charge is 0.206 e. The van der Waals surface area contributed by atoms with E-state index in [-0.39, 0.29) is 11.9 Å². The van der Waals surface area contributed by atoms with Crippen molar-refractivity contribution in [2.75, 3.05) is 24.2 Å². The Morgan fingerprint density at radius 2 is 2.32 bits per heavy atom. The molecule has 3 heterocycles. The van der Waals surface area contributed by atoms with Gasteiger partial charge in [-0.1, -0.05) is 23.1 Å². The lowest BCUT2D eigenvalue weighted by Crippen LogP contribution is -2.17. The van der Waals surface area contributed by atoms with Crippen LogP contribution in [0.25, 0.3) is 0 Å². The van der Waals surface area contributed by atoms with E-state index in [9.17, 15) is 4.79 Å². The van der Waals surface area contributed by atoms with Crippen LogP contribution in [0.1, 0.15) is 41.5 Å². The Hall–Kier alpha value is -1.38. The number of carbonyl (C=O) groups excluding carboxylic acids is 1. The lowest BCUT2D eigenvalue weighted by Gasteiger charge is -2.14. The third kappa shape index (κ3) is 4.43. The van der Waals surface area contributed by atoms with Crippen LogP contribution in [-0.2, 0) is 11.3 Å². The number of aromatic nitrogens is 3. The Bertz CT molecular complexity index is 735. The van der Waals surface area contributed by atoms with Crippen molar-refractivity contribution in [1.29, 1.82) is 0 Å². The summed E-state index contributed by atoms with van der Waals surface area (Å²) in [6, 6.07) is 2.00. The Labute approximate surface area is 156 Å². The van der Waals surface area contributed by atoms with Gasteiger partial charge in [-0.05, 0) is 39.7 Å². The van der Waals surface area contributed by atoms with E-state index in [1.165, 1.54) is 23.1 Å². The summed E-state index contributed by atoms with van der Waals surface area (Å²) in [5, 5.41) is 12.1.